The van der Waals surface area contributed by atoms with Crippen LogP contribution in [0, 0.1) is 5.82 Å². The van der Waals surface area contributed by atoms with Crippen LogP contribution in [0.4, 0.5) is 14.9 Å². The summed E-state index contributed by atoms with van der Waals surface area (Å²) in [5, 5.41) is 5.58. The molecule has 3 amide bonds. The van der Waals surface area contributed by atoms with Crippen LogP contribution in [0.3, 0.4) is 0 Å². The zero-order valence-corrected chi connectivity index (χ0v) is 14.4. The molecule has 0 spiro atoms. The molecule has 1 aliphatic heterocycles. The number of hydrogen-bond donors (Lipinski definition) is 2. The minimum Gasteiger partial charge on any atom is -0.469 e. The second-order valence-electron chi connectivity index (χ2n) is 6.34. The monoisotopic (exact) mass is 359 g/mol. The predicted octanol–water partition coefficient (Wildman–Crippen LogP) is 3.16. The van der Waals surface area contributed by atoms with Crippen LogP contribution < -0.4 is 10.6 Å². The number of nitrogens with one attached hydrogen (secondary N) is 2. The van der Waals surface area contributed by atoms with Gasteiger partial charge in [0.05, 0.1) is 6.26 Å². The van der Waals surface area contributed by atoms with Gasteiger partial charge in [-0.15, -0.1) is 0 Å². The summed E-state index contributed by atoms with van der Waals surface area (Å²) < 4.78 is 18.1. The van der Waals surface area contributed by atoms with Crippen molar-refractivity contribution in [2.24, 2.45) is 0 Å². The minimum absolute atomic E-state index is 0.0181. The van der Waals surface area contributed by atoms with E-state index in [4.69, 9.17) is 4.42 Å². The van der Waals surface area contributed by atoms with E-state index in [1.54, 1.807) is 6.26 Å². The van der Waals surface area contributed by atoms with E-state index in [-0.39, 0.29) is 23.8 Å². The van der Waals surface area contributed by atoms with Crippen LogP contribution in [0.5, 0.6) is 0 Å². The van der Waals surface area contributed by atoms with Gasteiger partial charge in [-0.05, 0) is 49.2 Å². The van der Waals surface area contributed by atoms with Gasteiger partial charge in [0, 0.05) is 37.7 Å². The van der Waals surface area contributed by atoms with Crippen LogP contribution in [0.15, 0.2) is 47.1 Å². The van der Waals surface area contributed by atoms with Crippen molar-refractivity contribution in [3.05, 3.63) is 54.2 Å². The molecule has 6 nitrogen and oxygen atoms in total. The molecular formula is C19H22FN3O3. The summed E-state index contributed by atoms with van der Waals surface area (Å²) in [6.45, 7) is 1.25. The minimum atomic E-state index is -0.347. The summed E-state index contributed by atoms with van der Waals surface area (Å²) in [6, 6.07) is 8.98. The first kappa shape index (κ1) is 18.0. The fourth-order valence-electron chi connectivity index (χ4n) is 3.00. The third kappa shape index (κ3) is 5.08. The number of benzene rings is 1. The Morgan fingerprint density at radius 3 is 2.54 bits per heavy atom. The van der Waals surface area contributed by atoms with Gasteiger partial charge in [-0.1, -0.05) is 0 Å². The molecule has 3 rings (SSSR count). The third-order valence-corrected chi connectivity index (χ3v) is 4.45. The molecule has 1 aromatic carbocycles. The molecule has 0 atom stereocenters. The lowest BCUT2D eigenvalue weighted by molar-refractivity contribution is -0.132. The van der Waals surface area contributed by atoms with Crippen LogP contribution in [0.2, 0.25) is 0 Å². The van der Waals surface area contributed by atoms with E-state index in [0.29, 0.717) is 44.5 Å². The Labute approximate surface area is 151 Å². The average Bonchev–Trinajstić information content (AvgIpc) is 3.16. The SMILES string of the molecule is O=C(Nc1ccc(F)cc1)NC1CCN(C(=O)CCc2ccco2)CC1. The maximum atomic E-state index is 12.9. The maximum absolute atomic E-state index is 12.9. The summed E-state index contributed by atoms with van der Waals surface area (Å²) in [4.78, 5) is 26.1. The number of anilines is 1. The Kier molecular flexibility index (Phi) is 5.88. The first-order valence-corrected chi connectivity index (χ1v) is 8.73. The normalized spacial score (nSPS) is 14.9. The third-order valence-electron chi connectivity index (χ3n) is 4.45. The van der Waals surface area contributed by atoms with Gasteiger partial charge in [-0.2, -0.15) is 0 Å². The van der Waals surface area contributed by atoms with Crippen LogP contribution in [-0.4, -0.2) is 36.0 Å². The number of hydrogen-bond acceptors (Lipinski definition) is 3. The van der Waals surface area contributed by atoms with E-state index in [9.17, 15) is 14.0 Å². The summed E-state index contributed by atoms with van der Waals surface area (Å²) >= 11 is 0. The van der Waals surface area contributed by atoms with Gasteiger partial charge in [0.15, 0.2) is 0 Å². The zero-order valence-electron chi connectivity index (χ0n) is 14.4. The standard InChI is InChI=1S/C19H22FN3O3/c20-14-3-5-15(6-4-14)21-19(25)22-16-9-11-23(12-10-16)18(24)8-7-17-2-1-13-26-17/h1-6,13,16H,7-12H2,(H2,21,22,25). The molecule has 2 N–H and O–H groups in total. The van der Waals surface area contributed by atoms with Gasteiger partial charge in [-0.25, -0.2) is 9.18 Å². The molecule has 0 saturated carbocycles. The highest BCUT2D eigenvalue weighted by Crippen LogP contribution is 2.14. The average molecular weight is 359 g/mol. The van der Waals surface area contributed by atoms with Crippen molar-refractivity contribution in [3.63, 3.8) is 0 Å². The van der Waals surface area contributed by atoms with E-state index in [1.807, 2.05) is 17.0 Å². The van der Waals surface area contributed by atoms with E-state index in [2.05, 4.69) is 10.6 Å². The van der Waals surface area contributed by atoms with Crippen molar-refractivity contribution in [1.82, 2.24) is 10.2 Å². The molecule has 7 heteroatoms. The van der Waals surface area contributed by atoms with E-state index < -0.39 is 0 Å². The lowest BCUT2D eigenvalue weighted by Gasteiger charge is -2.32. The van der Waals surface area contributed by atoms with Crippen LogP contribution >= 0.6 is 0 Å². The Bertz CT molecular complexity index is 723. The Morgan fingerprint density at radius 1 is 1.15 bits per heavy atom. The fourth-order valence-corrected chi connectivity index (χ4v) is 3.00. The molecule has 2 heterocycles. The second-order valence-corrected chi connectivity index (χ2v) is 6.34. The van der Waals surface area contributed by atoms with Gasteiger partial charge in [0.1, 0.15) is 11.6 Å². The number of amides is 3. The largest absolute Gasteiger partial charge is 0.469 e. The Morgan fingerprint density at radius 2 is 1.88 bits per heavy atom. The quantitative estimate of drug-likeness (QED) is 0.861. The Hall–Kier alpha value is -2.83. The molecule has 1 saturated heterocycles. The summed E-state index contributed by atoms with van der Waals surface area (Å²) in [7, 11) is 0. The van der Waals surface area contributed by atoms with Gasteiger partial charge < -0.3 is 20.0 Å². The molecule has 26 heavy (non-hydrogen) atoms. The molecular weight excluding hydrogens is 337 g/mol. The topological polar surface area (TPSA) is 74.6 Å². The number of carbonyl (C=O) groups is 2. The molecule has 2 aromatic rings. The smallest absolute Gasteiger partial charge is 0.319 e. The Balaban J connectivity index is 1.38. The van der Waals surface area contributed by atoms with E-state index >= 15 is 0 Å². The number of aryl methyl sites for hydroxylation is 1. The second kappa shape index (κ2) is 8.51. The molecule has 0 aliphatic carbocycles. The summed E-state index contributed by atoms with van der Waals surface area (Å²) in [6.07, 6.45) is 4.06. The number of piperidine rings is 1. The van der Waals surface area contributed by atoms with Gasteiger partial charge in [-0.3, -0.25) is 4.79 Å². The van der Waals surface area contributed by atoms with E-state index in [0.717, 1.165) is 5.76 Å². The van der Waals surface area contributed by atoms with Crippen molar-refractivity contribution in [2.75, 3.05) is 18.4 Å². The van der Waals surface area contributed by atoms with E-state index in [1.165, 1.54) is 24.3 Å². The molecule has 0 unspecified atom stereocenters. The highest BCUT2D eigenvalue weighted by molar-refractivity contribution is 5.89. The van der Waals surface area contributed by atoms with Crippen molar-refractivity contribution < 1.29 is 18.4 Å². The zero-order chi connectivity index (χ0) is 18.4. The lowest BCUT2D eigenvalue weighted by Crippen LogP contribution is -2.47. The molecule has 1 aliphatic rings. The molecule has 1 aromatic heterocycles. The van der Waals surface area contributed by atoms with Gasteiger partial charge in [0.2, 0.25) is 5.91 Å². The molecule has 0 bridgehead atoms. The number of likely N-dealkylation sites (tertiary alicyclic amines) is 1. The first-order chi connectivity index (χ1) is 12.6. The molecule has 1 fully saturated rings. The van der Waals surface area contributed by atoms with Gasteiger partial charge >= 0.3 is 6.03 Å². The lowest BCUT2D eigenvalue weighted by atomic mass is 10.0. The number of nitrogens with zero attached hydrogens (tertiary/aromatic N) is 1. The van der Waals surface area contributed by atoms with Crippen molar-refractivity contribution in [3.8, 4) is 0 Å². The van der Waals surface area contributed by atoms with Crippen molar-refractivity contribution >= 4 is 17.6 Å². The van der Waals surface area contributed by atoms with Crippen molar-refractivity contribution in [1.29, 1.82) is 0 Å². The summed E-state index contributed by atoms with van der Waals surface area (Å²) in [5.74, 6) is 0.572. The highest BCUT2D eigenvalue weighted by Gasteiger charge is 2.23. The summed E-state index contributed by atoms with van der Waals surface area (Å²) in [5.41, 5.74) is 0.537. The fraction of sp³-hybridized carbons (Fsp3) is 0.368. The number of furan rings is 1. The first-order valence-electron chi connectivity index (χ1n) is 8.73. The number of halogens is 1. The van der Waals surface area contributed by atoms with Crippen LogP contribution in [-0.2, 0) is 11.2 Å². The predicted molar refractivity (Wildman–Crippen MR) is 95.2 cm³/mol. The highest BCUT2D eigenvalue weighted by atomic mass is 19.1. The van der Waals surface area contributed by atoms with Crippen molar-refractivity contribution in [2.45, 2.75) is 31.7 Å². The number of urea groups is 1. The molecule has 138 valence electrons. The number of carbonyl (C=O) groups excluding carboxylic acids is 2. The van der Waals surface area contributed by atoms with Crippen LogP contribution in [0.1, 0.15) is 25.0 Å². The molecule has 0 radical (unpaired) electrons. The van der Waals surface area contributed by atoms with Gasteiger partial charge in [0.25, 0.3) is 0 Å². The number of rotatable bonds is 5. The van der Waals surface area contributed by atoms with Crippen LogP contribution in [0.25, 0.3) is 0 Å². The maximum Gasteiger partial charge on any atom is 0.319 e.